The van der Waals surface area contributed by atoms with Gasteiger partial charge in [-0.1, -0.05) is 23.7 Å². The SMILES string of the molecule is CN(C)C(=O)N1CC[C@]2(O)CCN(Cc3cccc(Cl)c3)C[C@@H]2C1. The van der Waals surface area contributed by atoms with Gasteiger partial charge in [0.1, 0.15) is 0 Å². The first kappa shape index (κ1) is 17.5. The van der Waals surface area contributed by atoms with Crippen LogP contribution in [0.1, 0.15) is 18.4 Å². The molecule has 5 nitrogen and oxygen atoms in total. The van der Waals surface area contributed by atoms with Gasteiger partial charge >= 0.3 is 6.03 Å². The number of carbonyl (C=O) groups excluding carboxylic acids is 1. The van der Waals surface area contributed by atoms with Crippen LogP contribution in [-0.2, 0) is 6.54 Å². The van der Waals surface area contributed by atoms with Crippen molar-refractivity contribution in [3.05, 3.63) is 34.9 Å². The summed E-state index contributed by atoms with van der Waals surface area (Å²) in [5.74, 6) is 0.100. The molecule has 1 N–H and O–H groups in total. The fourth-order valence-electron chi connectivity index (χ4n) is 3.87. The van der Waals surface area contributed by atoms with Crippen molar-refractivity contribution >= 4 is 17.6 Å². The molecule has 0 saturated carbocycles. The van der Waals surface area contributed by atoms with Crippen LogP contribution in [0.4, 0.5) is 4.79 Å². The number of benzene rings is 1. The quantitative estimate of drug-likeness (QED) is 0.889. The Balaban J connectivity index is 1.66. The van der Waals surface area contributed by atoms with Gasteiger partial charge in [-0.2, -0.15) is 0 Å². The normalized spacial score (nSPS) is 27.7. The summed E-state index contributed by atoms with van der Waals surface area (Å²) >= 11 is 6.07. The highest BCUT2D eigenvalue weighted by molar-refractivity contribution is 6.30. The van der Waals surface area contributed by atoms with Crippen LogP contribution in [0.15, 0.2) is 24.3 Å². The molecule has 0 unspecified atom stereocenters. The zero-order valence-corrected chi connectivity index (χ0v) is 15.2. The van der Waals surface area contributed by atoms with Crippen molar-refractivity contribution in [2.24, 2.45) is 5.92 Å². The molecule has 2 atom stereocenters. The lowest BCUT2D eigenvalue weighted by Crippen LogP contribution is -2.61. The Labute approximate surface area is 148 Å². The van der Waals surface area contributed by atoms with Gasteiger partial charge in [0, 0.05) is 57.8 Å². The summed E-state index contributed by atoms with van der Waals surface area (Å²) in [6, 6.07) is 7.95. The number of halogens is 1. The molecular formula is C18H26ClN3O2. The first-order valence-corrected chi connectivity index (χ1v) is 8.90. The molecule has 24 heavy (non-hydrogen) atoms. The smallest absolute Gasteiger partial charge is 0.319 e. The number of fused-ring (bicyclic) bond motifs is 1. The van der Waals surface area contributed by atoms with E-state index >= 15 is 0 Å². The molecule has 2 aliphatic heterocycles. The molecule has 2 heterocycles. The third kappa shape index (κ3) is 3.68. The van der Waals surface area contributed by atoms with Crippen molar-refractivity contribution in [3.8, 4) is 0 Å². The van der Waals surface area contributed by atoms with Crippen LogP contribution < -0.4 is 0 Å². The highest BCUT2D eigenvalue weighted by Gasteiger charge is 2.45. The van der Waals surface area contributed by atoms with E-state index in [4.69, 9.17) is 11.6 Å². The Morgan fingerprint density at radius 1 is 1.33 bits per heavy atom. The van der Waals surface area contributed by atoms with Crippen molar-refractivity contribution in [2.75, 3.05) is 40.3 Å². The van der Waals surface area contributed by atoms with Crippen LogP contribution >= 0.6 is 11.6 Å². The van der Waals surface area contributed by atoms with Gasteiger partial charge in [-0.25, -0.2) is 4.79 Å². The number of carbonyl (C=O) groups is 1. The van der Waals surface area contributed by atoms with Crippen LogP contribution in [0.2, 0.25) is 5.02 Å². The number of piperidine rings is 2. The van der Waals surface area contributed by atoms with Crippen LogP contribution in [0.3, 0.4) is 0 Å². The van der Waals surface area contributed by atoms with Crippen LogP contribution in [0, 0.1) is 5.92 Å². The number of rotatable bonds is 2. The molecule has 0 aromatic heterocycles. The lowest BCUT2D eigenvalue weighted by Gasteiger charge is -2.50. The first-order chi connectivity index (χ1) is 11.4. The molecule has 1 aromatic rings. The van der Waals surface area contributed by atoms with Gasteiger partial charge in [0.15, 0.2) is 0 Å². The number of hydrogen-bond donors (Lipinski definition) is 1. The third-order valence-electron chi connectivity index (χ3n) is 5.30. The average Bonchev–Trinajstić information content (AvgIpc) is 2.54. The highest BCUT2D eigenvalue weighted by atomic mass is 35.5. The summed E-state index contributed by atoms with van der Waals surface area (Å²) in [6.07, 6.45) is 1.43. The Kier molecular flexibility index (Phi) is 5.04. The zero-order valence-electron chi connectivity index (χ0n) is 14.4. The Hall–Kier alpha value is -1.30. The monoisotopic (exact) mass is 351 g/mol. The summed E-state index contributed by atoms with van der Waals surface area (Å²) in [5.41, 5.74) is 0.554. The summed E-state index contributed by atoms with van der Waals surface area (Å²) < 4.78 is 0. The summed E-state index contributed by atoms with van der Waals surface area (Å²) in [5, 5.41) is 11.7. The van der Waals surface area contributed by atoms with Crippen molar-refractivity contribution in [1.29, 1.82) is 0 Å². The van der Waals surface area contributed by atoms with Crippen molar-refractivity contribution in [3.63, 3.8) is 0 Å². The van der Waals surface area contributed by atoms with Gasteiger partial charge in [0.05, 0.1) is 5.60 Å². The number of amides is 2. The molecular weight excluding hydrogens is 326 g/mol. The lowest BCUT2D eigenvalue weighted by atomic mass is 9.75. The Morgan fingerprint density at radius 2 is 2.08 bits per heavy atom. The molecule has 6 heteroatoms. The van der Waals surface area contributed by atoms with E-state index in [1.54, 1.807) is 19.0 Å². The molecule has 1 aromatic carbocycles. The van der Waals surface area contributed by atoms with Gasteiger partial charge < -0.3 is 14.9 Å². The second kappa shape index (κ2) is 6.90. The van der Waals surface area contributed by atoms with Crippen LogP contribution in [-0.4, -0.2) is 71.7 Å². The van der Waals surface area contributed by atoms with E-state index in [0.29, 0.717) is 19.5 Å². The molecule has 2 aliphatic rings. The van der Waals surface area contributed by atoms with Crippen molar-refractivity contribution in [2.45, 2.75) is 25.0 Å². The van der Waals surface area contributed by atoms with Crippen molar-refractivity contribution in [1.82, 2.24) is 14.7 Å². The summed E-state index contributed by atoms with van der Waals surface area (Å²) in [6.45, 7) is 3.77. The van der Waals surface area contributed by atoms with Crippen molar-refractivity contribution < 1.29 is 9.90 Å². The van der Waals surface area contributed by atoms with Crippen LogP contribution in [0.25, 0.3) is 0 Å². The van der Waals surface area contributed by atoms with Gasteiger partial charge in [-0.3, -0.25) is 4.90 Å². The number of likely N-dealkylation sites (tertiary alicyclic amines) is 2. The van der Waals surface area contributed by atoms with E-state index in [1.165, 1.54) is 5.56 Å². The molecule has 2 saturated heterocycles. The lowest BCUT2D eigenvalue weighted by molar-refractivity contribution is -0.108. The molecule has 0 spiro atoms. The standard InChI is InChI=1S/C18H26ClN3O2/c1-20(2)17(23)22-9-7-18(24)6-8-21(12-15(18)13-22)11-14-4-3-5-16(19)10-14/h3-5,10,15,24H,6-9,11-13H2,1-2H3/t15-,18-/m1/s1. The van der Waals surface area contributed by atoms with E-state index in [-0.39, 0.29) is 11.9 Å². The van der Waals surface area contributed by atoms with Gasteiger partial charge in [-0.15, -0.1) is 0 Å². The minimum absolute atomic E-state index is 0.0315. The van der Waals surface area contributed by atoms with E-state index in [2.05, 4.69) is 11.0 Å². The molecule has 132 valence electrons. The number of nitrogens with zero attached hydrogens (tertiary/aromatic N) is 3. The maximum atomic E-state index is 12.2. The predicted octanol–water partition coefficient (Wildman–Crippen LogP) is 2.28. The van der Waals surface area contributed by atoms with Gasteiger partial charge in [0.2, 0.25) is 0 Å². The third-order valence-corrected chi connectivity index (χ3v) is 5.54. The zero-order chi connectivity index (χ0) is 17.3. The summed E-state index contributed by atoms with van der Waals surface area (Å²) in [7, 11) is 3.55. The molecule has 2 fully saturated rings. The van der Waals surface area contributed by atoms with E-state index in [1.807, 2.05) is 23.1 Å². The molecule has 2 amide bonds. The highest BCUT2D eigenvalue weighted by Crippen LogP contribution is 2.36. The Bertz CT molecular complexity index is 610. The fourth-order valence-corrected chi connectivity index (χ4v) is 4.08. The van der Waals surface area contributed by atoms with Crippen LogP contribution in [0.5, 0.6) is 0 Å². The fraction of sp³-hybridized carbons (Fsp3) is 0.611. The van der Waals surface area contributed by atoms with Gasteiger partial charge in [0.25, 0.3) is 0 Å². The molecule has 0 radical (unpaired) electrons. The minimum Gasteiger partial charge on any atom is -0.389 e. The van der Waals surface area contributed by atoms with E-state index in [9.17, 15) is 9.90 Å². The first-order valence-electron chi connectivity index (χ1n) is 8.53. The van der Waals surface area contributed by atoms with E-state index < -0.39 is 5.60 Å². The topological polar surface area (TPSA) is 47.0 Å². The number of urea groups is 1. The number of aliphatic hydroxyl groups is 1. The average molecular weight is 352 g/mol. The van der Waals surface area contributed by atoms with E-state index in [0.717, 1.165) is 31.1 Å². The Morgan fingerprint density at radius 3 is 2.79 bits per heavy atom. The molecule has 0 aliphatic carbocycles. The molecule has 0 bridgehead atoms. The second-order valence-corrected chi connectivity index (χ2v) is 7.72. The number of hydrogen-bond acceptors (Lipinski definition) is 3. The maximum absolute atomic E-state index is 12.2. The van der Waals surface area contributed by atoms with Gasteiger partial charge in [-0.05, 0) is 30.5 Å². The maximum Gasteiger partial charge on any atom is 0.319 e. The summed E-state index contributed by atoms with van der Waals surface area (Å²) in [4.78, 5) is 18.1. The molecule has 3 rings (SSSR count). The minimum atomic E-state index is -0.631. The largest absolute Gasteiger partial charge is 0.389 e. The second-order valence-electron chi connectivity index (χ2n) is 7.29. The predicted molar refractivity (Wildman–Crippen MR) is 95.1 cm³/mol.